The van der Waals surface area contributed by atoms with Crippen LogP contribution in [-0.4, -0.2) is 35.9 Å². The number of carboxylic acids is 1. The maximum atomic E-state index is 10.7. The maximum Gasteiger partial charge on any atom is 0.321 e. The van der Waals surface area contributed by atoms with Gasteiger partial charge in [0.05, 0.1) is 13.0 Å². The van der Waals surface area contributed by atoms with Crippen molar-refractivity contribution in [2.75, 3.05) is 6.54 Å². The molecule has 0 aliphatic heterocycles. The summed E-state index contributed by atoms with van der Waals surface area (Å²) in [5.41, 5.74) is 5.04. The molecule has 0 bridgehead atoms. The lowest BCUT2D eigenvalue weighted by Gasteiger charge is -2.04. The average molecular weight is 174 g/mol. The molecule has 68 valence electrons. The van der Waals surface area contributed by atoms with Gasteiger partial charge in [-0.2, -0.15) is 0 Å². The van der Waals surface area contributed by atoms with Crippen LogP contribution in [0.4, 0.5) is 0 Å². The first kappa shape index (κ1) is 10.6. The largest absolute Gasteiger partial charge is 0.480 e. The van der Waals surface area contributed by atoms with Crippen LogP contribution in [0.5, 0.6) is 0 Å². The van der Waals surface area contributed by atoms with Gasteiger partial charge in [-0.05, 0) is 0 Å². The van der Waals surface area contributed by atoms with Gasteiger partial charge >= 0.3 is 5.97 Å². The summed E-state index contributed by atoms with van der Waals surface area (Å²) < 4.78 is 0. The van der Waals surface area contributed by atoms with Crippen LogP contribution in [0.2, 0.25) is 0 Å². The van der Waals surface area contributed by atoms with Gasteiger partial charge in [0, 0.05) is 0 Å². The van der Waals surface area contributed by atoms with E-state index in [0.717, 1.165) is 0 Å². The van der Waals surface area contributed by atoms with Crippen LogP contribution in [0.15, 0.2) is 0 Å². The van der Waals surface area contributed by atoms with Gasteiger partial charge in [0.1, 0.15) is 12.3 Å². The second-order valence-electron chi connectivity index (χ2n) is 2.12. The molecule has 0 aromatic carbocycles. The maximum absolute atomic E-state index is 10.7. The standard InChI is InChI=1S/C6H10N2O4/c7-4(6(11)12)3-5(10)8-1-2-9/h2,4H,1,3,7H2,(H,8,10)(H,11,12)/t4-/m0/s1. The lowest BCUT2D eigenvalue weighted by atomic mass is 10.2. The lowest BCUT2D eigenvalue weighted by Crippen LogP contribution is -2.37. The molecule has 4 N–H and O–H groups in total. The molecule has 0 spiro atoms. The van der Waals surface area contributed by atoms with E-state index in [0.29, 0.717) is 6.29 Å². The Kier molecular flexibility index (Phi) is 4.62. The highest BCUT2D eigenvalue weighted by atomic mass is 16.4. The second-order valence-corrected chi connectivity index (χ2v) is 2.12. The molecule has 0 aromatic rings. The Morgan fingerprint density at radius 1 is 1.58 bits per heavy atom. The summed E-state index contributed by atoms with van der Waals surface area (Å²) in [4.78, 5) is 30.6. The first-order chi connectivity index (χ1) is 5.57. The Balaban J connectivity index is 3.68. The number of hydrogen-bond donors (Lipinski definition) is 3. The molecule has 1 atom stereocenters. The van der Waals surface area contributed by atoms with Crippen LogP contribution < -0.4 is 11.1 Å². The van der Waals surface area contributed by atoms with Crippen molar-refractivity contribution >= 4 is 18.2 Å². The summed E-state index contributed by atoms with van der Waals surface area (Å²) in [5.74, 6) is -1.78. The number of carbonyl (C=O) groups excluding carboxylic acids is 2. The fourth-order valence-electron chi connectivity index (χ4n) is 0.515. The monoisotopic (exact) mass is 174 g/mol. The number of hydrogen-bond acceptors (Lipinski definition) is 4. The van der Waals surface area contributed by atoms with Crippen LogP contribution >= 0.6 is 0 Å². The SMILES string of the molecule is N[C@@H](CC(=O)NCC=O)C(=O)O. The number of carbonyl (C=O) groups is 3. The van der Waals surface area contributed by atoms with E-state index < -0.39 is 17.9 Å². The average Bonchev–Trinajstić information content (AvgIpc) is 2.00. The second kappa shape index (κ2) is 5.25. The number of rotatable bonds is 5. The molecule has 0 unspecified atom stereocenters. The predicted molar refractivity (Wildman–Crippen MR) is 39.3 cm³/mol. The summed E-state index contributed by atoms with van der Waals surface area (Å²) in [6, 6.07) is -1.21. The van der Waals surface area contributed by atoms with Crippen molar-refractivity contribution in [2.45, 2.75) is 12.5 Å². The highest BCUT2D eigenvalue weighted by molar-refractivity contribution is 5.85. The van der Waals surface area contributed by atoms with Crippen molar-refractivity contribution in [3.05, 3.63) is 0 Å². The van der Waals surface area contributed by atoms with Crippen molar-refractivity contribution in [3.8, 4) is 0 Å². The van der Waals surface area contributed by atoms with E-state index in [1.54, 1.807) is 0 Å². The third-order valence-electron chi connectivity index (χ3n) is 1.11. The summed E-state index contributed by atoms with van der Waals surface area (Å²) in [5, 5.41) is 10.4. The Morgan fingerprint density at radius 2 is 2.17 bits per heavy atom. The van der Waals surface area contributed by atoms with Gasteiger partial charge in [-0.3, -0.25) is 9.59 Å². The fraction of sp³-hybridized carbons (Fsp3) is 0.500. The van der Waals surface area contributed by atoms with Gasteiger partial charge in [0.15, 0.2) is 0 Å². The number of aliphatic carboxylic acids is 1. The number of nitrogens with two attached hydrogens (primary N) is 1. The van der Waals surface area contributed by atoms with Gasteiger partial charge in [-0.1, -0.05) is 0 Å². The molecular weight excluding hydrogens is 164 g/mol. The minimum Gasteiger partial charge on any atom is -0.480 e. The minimum atomic E-state index is -1.24. The highest BCUT2D eigenvalue weighted by Crippen LogP contribution is 1.86. The van der Waals surface area contributed by atoms with Gasteiger partial charge in [0.2, 0.25) is 5.91 Å². The van der Waals surface area contributed by atoms with Crippen molar-refractivity contribution in [2.24, 2.45) is 5.73 Å². The molecule has 0 saturated heterocycles. The van der Waals surface area contributed by atoms with E-state index in [2.05, 4.69) is 5.32 Å². The fourth-order valence-corrected chi connectivity index (χ4v) is 0.515. The number of carboxylic acid groups (broad SMARTS) is 1. The first-order valence-corrected chi connectivity index (χ1v) is 3.26. The molecule has 0 radical (unpaired) electrons. The van der Waals surface area contributed by atoms with E-state index in [1.807, 2.05) is 0 Å². The molecule has 12 heavy (non-hydrogen) atoms. The molecule has 6 nitrogen and oxygen atoms in total. The number of amides is 1. The number of nitrogens with one attached hydrogen (secondary N) is 1. The van der Waals surface area contributed by atoms with E-state index >= 15 is 0 Å². The zero-order valence-corrected chi connectivity index (χ0v) is 6.32. The molecule has 0 aromatic heterocycles. The van der Waals surface area contributed by atoms with Gasteiger partial charge in [-0.25, -0.2) is 0 Å². The molecule has 0 rings (SSSR count). The zero-order valence-electron chi connectivity index (χ0n) is 6.32. The lowest BCUT2D eigenvalue weighted by molar-refractivity contribution is -0.140. The van der Waals surface area contributed by atoms with E-state index in [4.69, 9.17) is 10.8 Å². The Bertz CT molecular complexity index is 192. The van der Waals surface area contributed by atoms with Crippen molar-refractivity contribution in [1.82, 2.24) is 5.32 Å². The van der Waals surface area contributed by atoms with Crippen LogP contribution in [0.3, 0.4) is 0 Å². The van der Waals surface area contributed by atoms with Gasteiger partial charge in [-0.15, -0.1) is 0 Å². The van der Waals surface area contributed by atoms with Crippen LogP contribution in [0.25, 0.3) is 0 Å². The Hall–Kier alpha value is -1.43. The van der Waals surface area contributed by atoms with E-state index in [1.165, 1.54) is 0 Å². The molecule has 1 amide bonds. The number of aldehydes is 1. The summed E-state index contributed by atoms with van der Waals surface area (Å²) in [7, 11) is 0. The Labute approximate surface area is 68.7 Å². The van der Waals surface area contributed by atoms with E-state index in [9.17, 15) is 14.4 Å². The minimum absolute atomic E-state index is 0.120. The van der Waals surface area contributed by atoms with Crippen LogP contribution in [-0.2, 0) is 14.4 Å². The summed E-state index contributed by atoms with van der Waals surface area (Å²) in [6.45, 7) is -0.120. The highest BCUT2D eigenvalue weighted by Gasteiger charge is 2.15. The molecule has 0 aliphatic rings. The van der Waals surface area contributed by atoms with Crippen LogP contribution in [0, 0.1) is 0 Å². The smallest absolute Gasteiger partial charge is 0.321 e. The van der Waals surface area contributed by atoms with Gasteiger partial charge < -0.3 is 21.0 Å². The first-order valence-electron chi connectivity index (χ1n) is 3.26. The molecule has 0 saturated carbocycles. The zero-order chi connectivity index (χ0) is 9.56. The summed E-state index contributed by atoms with van der Waals surface area (Å²) >= 11 is 0. The summed E-state index contributed by atoms with van der Waals surface area (Å²) in [6.07, 6.45) is 0.188. The topological polar surface area (TPSA) is 109 Å². The third kappa shape index (κ3) is 4.40. The predicted octanol–water partition coefficient (Wildman–Crippen LogP) is -1.90. The van der Waals surface area contributed by atoms with Crippen molar-refractivity contribution < 1.29 is 19.5 Å². The normalized spacial score (nSPS) is 11.8. The third-order valence-corrected chi connectivity index (χ3v) is 1.11. The van der Waals surface area contributed by atoms with Crippen LogP contribution in [0.1, 0.15) is 6.42 Å². The molecule has 6 heteroatoms. The molecule has 0 fully saturated rings. The quantitative estimate of drug-likeness (QED) is 0.422. The molecule has 0 heterocycles. The molecular formula is C6H10N2O4. The van der Waals surface area contributed by atoms with Crippen molar-refractivity contribution in [1.29, 1.82) is 0 Å². The Morgan fingerprint density at radius 3 is 2.58 bits per heavy atom. The van der Waals surface area contributed by atoms with Gasteiger partial charge in [0.25, 0.3) is 0 Å². The van der Waals surface area contributed by atoms with E-state index in [-0.39, 0.29) is 13.0 Å². The molecule has 0 aliphatic carbocycles. The van der Waals surface area contributed by atoms with Crippen molar-refractivity contribution in [3.63, 3.8) is 0 Å².